The summed E-state index contributed by atoms with van der Waals surface area (Å²) in [7, 11) is 0. The lowest BCUT2D eigenvalue weighted by molar-refractivity contribution is -0.115. The highest BCUT2D eigenvalue weighted by molar-refractivity contribution is 5.97. The summed E-state index contributed by atoms with van der Waals surface area (Å²) in [5.41, 5.74) is 5.79. The number of benzene rings is 2. The molecule has 3 aromatic rings. The lowest BCUT2D eigenvalue weighted by Crippen LogP contribution is -2.25. The molecule has 2 aliphatic rings. The van der Waals surface area contributed by atoms with Crippen LogP contribution in [0.4, 0.5) is 5.69 Å². The Morgan fingerprint density at radius 2 is 1.79 bits per heavy atom. The number of hydrogen-bond donors (Lipinski definition) is 2. The molecule has 2 aliphatic carbocycles. The third-order valence-electron chi connectivity index (χ3n) is 5.56. The predicted molar refractivity (Wildman–Crippen MR) is 108 cm³/mol. The van der Waals surface area contributed by atoms with Crippen LogP contribution in [-0.4, -0.2) is 17.9 Å². The van der Waals surface area contributed by atoms with Gasteiger partial charge in [-0.05, 0) is 79.6 Å². The number of fused-ring (bicyclic) bond motifs is 2. The van der Waals surface area contributed by atoms with Crippen LogP contribution in [0.3, 0.4) is 0 Å². The van der Waals surface area contributed by atoms with Crippen molar-refractivity contribution in [2.45, 2.75) is 44.6 Å². The molecule has 28 heavy (non-hydrogen) atoms. The number of carbonyl (C=O) groups excluding carboxylic acids is 2. The minimum absolute atomic E-state index is 0.0576. The number of hydrogen-bond acceptors (Lipinski definition) is 3. The SMILES string of the molecule is O=C(Cc1coc2cc3c(cc12)CCC3)Nc1ccc(C(=O)NC2CC2)cc1. The average molecular weight is 374 g/mol. The topological polar surface area (TPSA) is 71.3 Å². The van der Waals surface area contributed by atoms with Gasteiger partial charge >= 0.3 is 0 Å². The van der Waals surface area contributed by atoms with Gasteiger partial charge in [0.2, 0.25) is 5.91 Å². The molecule has 142 valence electrons. The molecule has 2 N–H and O–H groups in total. The summed E-state index contributed by atoms with van der Waals surface area (Å²) in [6, 6.07) is 11.6. The number of anilines is 1. The van der Waals surface area contributed by atoms with E-state index in [9.17, 15) is 9.59 Å². The molecule has 5 nitrogen and oxygen atoms in total. The number of carbonyl (C=O) groups is 2. The second-order valence-electron chi connectivity index (χ2n) is 7.78. The monoisotopic (exact) mass is 374 g/mol. The van der Waals surface area contributed by atoms with E-state index < -0.39 is 0 Å². The molecule has 0 saturated heterocycles. The third kappa shape index (κ3) is 3.40. The molecule has 0 unspecified atom stereocenters. The molecule has 0 aliphatic heterocycles. The zero-order valence-corrected chi connectivity index (χ0v) is 15.6. The van der Waals surface area contributed by atoms with E-state index in [1.54, 1.807) is 30.5 Å². The van der Waals surface area contributed by atoms with E-state index in [0.717, 1.165) is 42.2 Å². The van der Waals surface area contributed by atoms with E-state index in [4.69, 9.17) is 4.42 Å². The first-order valence-electron chi connectivity index (χ1n) is 9.88. The number of aryl methyl sites for hydroxylation is 2. The summed E-state index contributed by atoms with van der Waals surface area (Å²) in [5.74, 6) is -0.156. The van der Waals surface area contributed by atoms with Gasteiger partial charge in [0, 0.05) is 28.2 Å². The Balaban J connectivity index is 1.26. The van der Waals surface area contributed by atoms with Crippen molar-refractivity contribution in [2.24, 2.45) is 0 Å². The zero-order chi connectivity index (χ0) is 19.1. The second-order valence-corrected chi connectivity index (χ2v) is 7.78. The molecule has 1 heterocycles. The third-order valence-corrected chi connectivity index (χ3v) is 5.56. The van der Waals surface area contributed by atoms with Crippen molar-refractivity contribution in [2.75, 3.05) is 5.32 Å². The standard InChI is InChI=1S/C23H22N2O3/c26-22(24-18-6-4-14(5-7-18)23(27)25-19-8-9-19)12-17-13-28-21-11-16-3-1-2-15(16)10-20(17)21/h4-7,10-11,13,19H,1-3,8-9,12H2,(H,24,26)(H,25,27). The van der Waals surface area contributed by atoms with E-state index >= 15 is 0 Å². The van der Waals surface area contributed by atoms with Crippen molar-refractivity contribution in [1.82, 2.24) is 5.32 Å². The maximum absolute atomic E-state index is 12.5. The molecule has 1 aromatic heterocycles. The number of furan rings is 1. The maximum atomic E-state index is 12.5. The van der Waals surface area contributed by atoms with E-state index in [1.807, 2.05) is 0 Å². The van der Waals surface area contributed by atoms with Gasteiger partial charge in [-0.3, -0.25) is 9.59 Å². The quantitative estimate of drug-likeness (QED) is 0.709. The molecule has 5 heteroatoms. The fraction of sp³-hybridized carbons (Fsp3) is 0.304. The van der Waals surface area contributed by atoms with Crippen molar-refractivity contribution in [3.8, 4) is 0 Å². The first kappa shape index (κ1) is 17.0. The number of amides is 2. The Morgan fingerprint density at radius 3 is 2.54 bits per heavy atom. The normalized spacial score (nSPS) is 15.4. The highest BCUT2D eigenvalue weighted by Gasteiger charge is 2.23. The zero-order valence-electron chi connectivity index (χ0n) is 15.6. The molecular weight excluding hydrogens is 352 g/mol. The van der Waals surface area contributed by atoms with Crippen molar-refractivity contribution in [3.05, 3.63) is 64.9 Å². The van der Waals surface area contributed by atoms with E-state index in [1.165, 1.54) is 17.5 Å². The Kier molecular flexibility index (Phi) is 4.15. The molecule has 0 bridgehead atoms. The fourth-order valence-electron chi connectivity index (χ4n) is 3.86. The van der Waals surface area contributed by atoms with Gasteiger partial charge in [0.1, 0.15) is 5.58 Å². The fourth-order valence-corrected chi connectivity index (χ4v) is 3.86. The molecule has 5 rings (SSSR count). The molecule has 2 aromatic carbocycles. The minimum atomic E-state index is -0.0987. The lowest BCUT2D eigenvalue weighted by atomic mass is 10.0. The highest BCUT2D eigenvalue weighted by Crippen LogP contribution is 2.30. The summed E-state index contributed by atoms with van der Waals surface area (Å²) in [4.78, 5) is 24.5. The van der Waals surface area contributed by atoms with E-state index in [-0.39, 0.29) is 18.2 Å². The Hall–Kier alpha value is -3.08. The number of nitrogens with one attached hydrogen (secondary N) is 2. The van der Waals surface area contributed by atoms with Crippen molar-refractivity contribution in [3.63, 3.8) is 0 Å². The summed E-state index contributed by atoms with van der Waals surface area (Å²) < 4.78 is 5.68. The van der Waals surface area contributed by atoms with Crippen LogP contribution in [-0.2, 0) is 24.1 Å². The van der Waals surface area contributed by atoms with Crippen LogP contribution in [0.5, 0.6) is 0 Å². The molecule has 2 amide bonds. The van der Waals surface area contributed by atoms with Gasteiger partial charge in [0.25, 0.3) is 5.91 Å². The highest BCUT2D eigenvalue weighted by atomic mass is 16.3. The van der Waals surface area contributed by atoms with Gasteiger partial charge in [0.05, 0.1) is 12.7 Å². The average Bonchev–Trinajstić information content (AvgIpc) is 3.25. The van der Waals surface area contributed by atoms with Crippen LogP contribution in [0.25, 0.3) is 11.0 Å². The summed E-state index contributed by atoms with van der Waals surface area (Å²) >= 11 is 0. The van der Waals surface area contributed by atoms with Crippen LogP contribution in [0.15, 0.2) is 47.1 Å². The first-order chi connectivity index (χ1) is 13.7. The predicted octanol–water partition coefficient (Wildman–Crippen LogP) is 3.99. The maximum Gasteiger partial charge on any atom is 0.251 e. The Morgan fingerprint density at radius 1 is 1.04 bits per heavy atom. The summed E-state index contributed by atoms with van der Waals surface area (Å²) in [6.07, 6.45) is 7.46. The van der Waals surface area contributed by atoms with Crippen molar-refractivity contribution < 1.29 is 14.0 Å². The molecule has 0 spiro atoms. The molecular formula is C23H22N2O3. The molecule has 0 radical (unpaired) electrons. The Bertz CT molecular complexity index is 1060. The summed E-state index contributed by atoms with van der Waals surface area (Å²) in [6.45, 7) is 0. The van der Waals surface area contributed by atoms with Gasteiger partial charge in [0.15, 0.2) is 0 Å². The van der Waals surface area contributed by atoms with E-state index in [2.05, 4.69) is 22.8 Å². The second kappa shape index (κ2) is 6.82. The van der Waals surface area contributed by atoms with E-state index in [0.29, 0.717) is 17.3 Å². The van der Waals surface area contributed by atoms with Crippen molar-refractivity contribution in [1.29, 1.82) is 0 Å². The first-order valence-corrected chi connectivity index (χ1v) is 9.88. The van der Waals surface area contributed by atoms with Gasteiger partial charge < -0.3 is 15.1 Å². The van der Waals surface area contributed by atoms with Gasteiger partial charge in [-0.2, -0.15) is 0 Å². The molecule has 1 saturated carbocycles. The van der Waals surface area contributed by atoms with Crippen LogP contribution >= 0.6 is 0 Å². The van der Waals surface area contributed by atoms with Gasteiger partial charge in [-0.15, -0.1) is 0 Å². The van der Waals surface area contributed by atoms with Gasteiger partial charge in [-0.1, -0.05) is 0 Å². The minimum Gasteiger partial charge on any atom is -0.464 e. The summed E-state index contributed by atoms with van der Waals surface area (Å²) in [5, 5.41) is 6.89. The number of rotatable bonds is 5. The van der Waals surface area contributed by atoms with Gasteiger partial charge in [-0.25, -0.2) is 0 Å². The van der Waals surface area contributed by atoms with Crippen molar-refractivity contribution >= 4 is 28.5 Å². The van der Waals surface area contributed by atoms with Crippen LogP contribution in [0.2, 0.25) is 0 Å². The van der Waals surface area contributed by atoms with Crippen LogP contribution in [0.1, 0.15) is 46.3 Å². The van der Waals surface area contributed by atoms with Crippen LogP contribution in [0, 0.1) is 0 Å². The largest absolute Gasteiger partial charge is 0.464 e. The lowest BCUT2D eigenvalue weighted by Gasteiger charge is -2.07. The Labute approximate surface area is 163 Å². The smallest absolute Gasteiger partial charge is 0.251 e. The molecule has 1 fully saturated rings. The molecule has 0 atom stereocenters. The van der Waals surface area contributed by atoms with Crippen LogP contribution < -0.4 is 10.6 Å².